The molecule has 0 aliphatic heterocycles. The van der Waals surface area contributed by atoms with E-state index in [1.54, 1.807) is 4.68 Å². The van der Waals surface area contributed by atoms with Crippen LogP contribution in [-0.4, -0.2) is 25.1 Å². The van der Waals surface area contributed by atoms with Crippen molar-refractivity contribution in [2.75, 3.05) is 0 Å². The van der Waals surface area contributed by atoms with Crippen LogP contribution in [0.15, 0.2) is 53.1 Å². The van der Waals surface area contributed by atoms with Gasteiger partial charge in [0.2, 0.25) is 5.82 Å². The van der Waals surface area contributed by atoms with Gasteiger partial charge >= 0.3 is 0 Å². The Morgan fingerprint density at radius 1 is 0.920 bits per heavy atom. The molecule has 2 aromatic heterocycles. The predicted octanol–water partition coefficient (Wildman–Crippen LogP) is 3.91. The molecule has 0 radical (unpaired) electrons. The van der Waals surface area contributed by atoms with E-state index in [4.69, 9.17) is 4.52 Å². The minimum absolute atomic E-state index is 0.370. The van der Waals surface area contributed by atoms with Gasteiger partial charge in [-0.15, -0.1) is 5.10 Å². The third-order valence-corrected chi connectivity index (χ3v) is 4.19. The molecule has 0 N–H and O–H groups in total. The Morgan fingerprint density at radius 3 is 2.44 bits per heavy atom. The first-order valence-corrected chi connectivity index (χ1v) is 8.03. The van der Waals surface area contributed by atoms with Crippen LogP contribution < -0.4 is 0 Å². The maximum Gasteiger partial charge on any atom is 0.280 e. The van der Waals surface area contributed by atoms with Crippen molar-refractivity contribution in [3.05, 3.63) is 65.4 Å². The SMILES string of the molecule is Cc1ccc(-n2nnc(-c3nc(-c4ccccc4C)no3)c2C)cc1. The molecule has 0 unspecified atom stereocenters. The van der Waals surface area contributed by atoms with Gasteiger partial charge in [-0.05, 0) is 38.5 Å². The van der Waals surface area contributed by atoms with Crippen molar-refractivity contribution >= 4 is 0 Å². The average Bonchev–Trinajstić information content (AvgIpc) is 3.23. The second-order valence-corrected chi connectivity index (χ2v) is 6.01. The molecule has 124 valence electrons. The maximum atomic E-state index is 5.43. The Kier molecular flexibility index (Phi) is 3.65. The minimum atomic E-state index is 0.370. The number of hydrogen-bond donors (Lipinski definition) is 0. The molecule has 4 rings (SSSR count). The minimum Gasteiger partial charge on any atom is -0.332 e. The maximum absolute atomic E-state index is 5.43. The van der Waals surface area contributed by atoms with E-state index >= 15 is 0 Å². The van der Waals surface area contributed by atoms with E-state index in [-0.39, 0.29) is 0 Å². The molecule has 2 heterocycles. The average molecular weight is 331 g/mol. The highest BCUT2D eigenvalue weighted by atomic mass is 16.5. The zero-order valence-electron chi connectivity index (χ0n) is 14.3. The van der Waals surface area contributed by atoms with Crippen LogP contribution in [0.4, 0.5) is 0 Å². The molecular formula is C19H17N5O. The molecule has 0 saturated heterocycles. The van der Waals surface area contributed by atoms with Crippen LogP contribution in [0, 0.1) is 20.8 Å². The van der Waals surface area contributed by atoms with Gasteiger partial charge in [-0.1, -0.05) is 52.3 Å². The lowest BCUT2D eigenvalue weighted by Gasteiger charge is -2.03. The van der Waals surface area contributed by atoms with Crippen molar-refractivity contribution in [1.82, 2.24) is 25.1 Å². The van der Waals surface area contributed by atoms with Crippen molar-refractivity contribution in [2.45, 2.75) is 20.8 Å². The Morgan fingerprint density at radius 2 is 1.68 bits per heavy atom. The Bertz CT molecular complexity index is 1030. The first-order chi connectivity index (χ1) is 12.1. The van der Waals surface area contributed by atoms with Gasteiger partial charge in [-0.2, -0.15) is 4.98 Å². The largest absolute Gasteiger partial charge is 0.332 e. The molecule has 2 aromatic carbocycles. The lowest BCUT2D eigenvalue weighted by Crippen LogP contribution is -1.99. The van der Waals surface area contributed by atoms with Crippen molar-refractivity contribution in [2.24, 2.45) is 0 Å². The van der Waals surface area contributed by atoms with Crippen LogP contribution in [0.25, 0.3) is 28.7 Å². The lowest BCUT2D eigenvalue weighted by molar-refractivity contribution is 0.430. The van der Waals surface area contributed by atoms with Crippen molar-refractivity contribution in [3.63, 3.8) is 0 Å². The zero-order valence-corrected chi connectivity index (χ0v) is 14.3. The fraction of sp³-hybridized carbons (Fsp3) is 0.158. The summed E-state index contributed by atoms with van der Waals surface area (Å²) >= 11 is 0. The first kappa shape index (κ1) is 15.3. The first-order valence-electron chi connectivity index (χ1n) is 8.03. The monoisotopic (exact) mass is 331 g/mol. The molecule has 0 aliphatic carbocycles. The molecular weight excluding hydrogens is 314 g/mol. The van der Waals surface area contributed by atoms with E-state index in [0.717, 1.165) is 22.5 Å². The number of benzene rings is 2. The van der Waals surface area contributed by atoms with Gasteiger partial charge < -0.3 is 4.52 Å². The van der Waals surface area contributed by atoms with E-state index < -0.39 is 0 Å². The Hall–Kier alpha value is -3.28. The molecule has 0 atom stereocenters. The summed E-state index contributed by atoms with van der Waals surface area (Å²) < 4.78 is 7.20. The summed E-state index contributed by atoms with van der Waals surface area (Å²) in [6, 6.07) is 16.0. The normalized spacial score (nSPS) is 11.0. The van der Waals surface area contributed by atoms with Gasteiger partial charge in [0.25, 0.3) is 5.89 Å². The number of aryl methyl sites for hydroxylation is 2. The van der Waals surface area contributed by atoms with E-state index in [1.807, 2.05) is 62.4 Å². The van der Waals surface area contributed by atoms with E-state index in [2.05, 4.69) is 27.4 Å². The van der Waals surface area contributed by atoms with Crippen molar-refractivity contribution in [3.8, 4) is 28.7 Å². The summed E-state index contributed by atoms with van der Waals surface area (Å²) in [5.74, 6) is 0.923. The highest BCUT2D eigenvalue weighted by Crippen LogP contribution is 2.25. The molecule has 0 aliphatic rings. The Balaban J connectivity index is 1.72. The summed E-state index contributed by atoms with van der Waals surface area (Å²) in [6.45, 7) is 6.01. The van der Waals surface area contributed by atoms with Crippen LogP contribution in [0.1, 0.15) is 16.8 Å². The van der Waals surface area contributed by atoms with E-state index in [9.17, 15) is 0 Å². The summed E-state index contributed by atoms with van der Waals surface area (Å²) in [5.41, 5.74) is 5.62. The topological polar surface area (TPSA) is 69.6 Å². The highest BCUT2D eigenvalue weighted by Gasteiger charge is 2.19. The smallest absolute Gasteiger partial charge is 0.280 e. The van der Waals surface area contributed by atoms with Gasteiger partial charge in [-0.25, -0.2) is 4.68 Å². The van der Waals surface area contributed by atoms with E-state index in [0.29, 0.717) is 17.4 Å². The summed E-state index contributed by atoms with van der Waals surface area (Å²) in [4.78, 5) is 4.50. The molecule has 0 amide bonds. The summed E-state index contributed by atoms with van der Waals surface area (Å²) in [5, 5.41) is 12.6. The third-order valence-electron chi connectivity index (χ3n) is 4.19. The summed E-state index contributed by atoms with van der Waals surface area (Å²) in [6.07, 6.45) is 0. The quantitative estimate of drug-likeness (QED) is 0.569. The fourth-order valence-corrected chi connectivity index (χ4v) is 2.71. The van der Waals surface area contributed by atoms with Crippen LogP contribution >= 0.6 is 0 Å². The highest BCUT2D eigenvalue weighted by molar-refractivity contribution is 5.62. The standard InChI is InChI=1S/C19H17N5O/c1-12-8-10-15(11-9-12)24-14(3)17(21-23-24)19-20-18(22-25-19)16-7-5-4-6-13(16)2/h4-11H,1-3H3. The van der Waals surface area contributed by atoms with Gasteiger partial charge in [0.05, 0.1) is 11.4 Å². The van der Waals surface area contributed by atoms with E-state index in [1.165, 1.54) is 5.56 Å². The van der Waals surface area contributed by atoms with Gasteiger partial charge in [-0.3, -0.25) is 0 Å². The number of hydrogen-bond acceptors (Lipinski definition) is 5. The lowest BCUT2D eigenvalue weighted by atomic mass is 10.1. The second kappa shape index (κ2) is 5.98. The van der Waals surface area contributed by atoms with Crippen LogP contribution in [0.5, 0.6) is 0 Å². The van der Waals surface area contributed by atoms with Crippen LogP contribution in [0.3, 0.4) is 0 Å². The zero-order chi connectivity index (χ0) is 17.4. The molecule has 6 heteroatoms. The molecule has 0 bridgehead atoms. The van der Waals surface area contributed by atoms with Crippen LogP contribution in [-0.2, 0) is 0 Å². The molecule has 0 saturated carbocycles. The molecule has 6 nitrogen and oxygen atoms in total. The fourth-order valence-electron chi connectivity index (χ4n) is 2.71. The van der Waals surface area contributed by atoms with Crippen LogP contribution in [0.2, 0.25) is 0 Å². The molecule has 25 heavy (non-hydrogen) atoms. The number of rotatable bonds is 3. The predicted molar refractivity (Wildman–Crippen MR) is 94.3 cm³/mol. The molecule has 0 fully saturated rings. The van der Waals surface area contributed by atoms with Crippen molar-refractivity contribution < 1.29 is 4.52 Å². The summed E-state index contributed by atoms with van der Waals surface area (Å²) in [7, 11) is 0. The van der Waals surface area contributed by atoms with Crippen molar-refractivity contribution in [1.29, 1.82) is 0 Å². The third kappa shape index (κ3) is 2.71. The number of nitrogens with zero attached hydrogens (tertiary/aromatic N) is 5. The van der Waals surface area contributed by atoms with Gasteiger partial charge in [0, 0.05) is 5.56 Å². The molecule has 0 spiro atoms. The number of aromatic nitrogens is 5. The second-order valence-electron chi connectivity index (χ2n) is 6.01. The van der Waals surface area contributed by atoms with Gasteiger partial charge in [0.15, 0.2) is 5.69 Å². The Labute approximate surface area is 145 Å². The molecule has 4 aromatic rings. The van der Waals surface area contributed by atoms with Gasteiger partial charge in [0.1, 0.15) is 0 Å².